The second kappa shape index (κ2) is 9.87. The van der Waals surface area contributed by atoms with Crippen LogP contribution in [0.1, 0.15) is 39.2 Å². The normalized spacial score (nSPS) is 22.3. The number of halogens is 2. The third kappa shape index (κ3) is 4.88. The standard InChI is InChI=1S/2C14H19OSi.C2H7Si.2ClH.Zr/c2*1-10-8-12(9-11(10)2)13-6-7-14(15-13)16(3,4)5;1-3-2;;;/h2*6-9H,1-5H3;3H,1-2H3;2*1H;/q;;;;;+2/p-2. The summed E-state index contributed by atoms with van der Waals surface area (Å²) >= 11 is -4.76. The van der Waals surface area contributed by atoms with Crippen LogP contribution in [-0.2, 0) is 15.6 Å². The van der Waals surface area contributed by atoms with E-state index >= 15 is 0 Å². The van der Waals surface area contributed by atoms with E-state index in [4.69, 9.17) is 25.9 Å². The predicted molar refractivity (Wildman–Crippen MR) is 174 cm³/mol. The Hall–Kier alpha value is -0.366. The molecule has 2 aliphatic carbocycles. The third-order valence-electron chi connectivity index (χ3n) is 8.94. The molecule has 0 N–H and O–H groups in total. The molecule has 0 bridgehead atoms. The molecule has 0 aromatic carbocycles. The molecule has 207 valence electrons. The van der Waals surface area contributed by atoms with E-state index in [0.29, 0.717) is 0 Å². The second-order valence-corrected chi connectivity index (χ2v) is 66.5. The molecular weight excluding hydrogens is 639 g/mol. The fourth-order valence-electron chi connectivity index (χ4n) is 6.26. The summed E-state index contributed by atoms with van der Waals surface area (Å²) in [6.45, 7) is 27.6. The van der Waals surface area contributed by atoms with Gasteiger partial charge in [0.2, 0.25) is 0 Å². The third-order valence-corrected chi connectivity index (χ3v) is 64.6. The summed E-state index contributed by atoms with van der Waals surface area (Å²) in [4.78, 5) is 0. The molecule has 0 fully saturated rings. The summed E-state index contributed by atoms with van der Waals surface area (Å²) in [6.07, 6.45) is 4.62. The van der Waals surface area contributed by atoms with Gasteiger partial charge < -0.3 is 0 Å². The molecule has 2 aliphatic rings. The Morgan fingerprint density at radius 1 is 0.658 bits per heavy atom. The zero-order valence-corrected chi connectivity index (χ0v) is 32.4. The van der Waals surface area contributed by atoms with Crippen LogP contribution in [0.15, 0.2) is 67.5 Å². The van der Waals surface area contributed by atoms with Crippen LogP contribution in [0.4, 0.5) is 0 Å². The van der Waals surface area contributed by atoms with Crippen molar-refractivity contribution < 1.29 is 24.4 Å². The average molecular weight is 684 g/mol. The summed E-state index contributed by atoms with van der Waals surface area (Å²) in [5.41, 5.74) is 7.57. The first-order valence-corrected chi connectivity index (χ1v) is 37.2. The van der Waals surface area contributed by atoms with Crippen molar-refractivity contribution in [2.24, 2.45) is 0 Å². The van der Waals surface area contributed by atoms with Gasteiger partial charge in [-0.15, -0.1) is 0 Å². The Kier molecular flexibility index (Phi) is 7.95. The minimum atomic E-state index is -4.76. The van der Waals surface area contributed by atoms with Gasteiger partial charge in [-0.3, -0.25) is 0 Å². The molecule has 2 aromatic rings. The molecule has 0 aliphatic heterocycles. The van der Waals surface area contributed by atoms with Crippen LogP contribution in [-0.4, -0.2) is 22.1 Å². The molecule has 2 atom stereocenters. The fourth-order valence-corrected chi connectivity index (χ4v) is 41.2. The van der Waals surface area contributed by atoms with Crippen molar-refractivity contribution in [1.82, 2.24) is 0 Å². The Balaban J connectivity index is 1.93. The van der Waals surface area contributed by atoms with Gasteiger partial charge >= 0.3 is 243 Å². The van der Waals surface area contributed by atoms with Crippen molar-refractivity contribution in [3.63, 3.8) is 0 Å². The zero-order chi connectivity index (χ0) is 28.6. The molecule has 0 amide bonds. The summed E-state index contributed by atoms with van der Waals surface area (Å²) < 4.78 is 13.2. The molecule has 0 spiro atoms. The van der Waals surface area contributed by atoms with Crippen molar-refractivity contribution >= 4 is 61.0 Å². The number of hydrogen-bond acceptors (Lipinski definition) is 2. The first-order chi connectivity index (χ1) is 17.3. The van der Waals surface area contributed by atoms with Crippen LogP contribution >= 0.6 is 17.0 Å². The molecule has 2 unspecified atom stereocenters. The van der Waals surface area contributed by atoms with Gasteiger partial charge in [-0.05, 0) is 0 Å². The van der Waals surface area contributed by atoms with Crippen LogP contribution in [0.2, 0.25) is 59.6 Å². The number of hydrogen-bond donors (Lipinski definition) is 0. The van der Waals surface area contributed by atoms with Crippen molar-refractivity contribution in [2.45, 2.75) is 87.3 Å². The van der Waals surface area contributed by atoms with Crippen LogP contribution < -0.4 is 10.8 Å². The van der Waals surface area contributed by atoms with Crippen molar-refractivity contribution in [2.75, 3.05) is 0 Å². The Bertz CT molecular complexity index is 1310. The van der Waals surface area contributed by atoms with E-state index in [-0.39, 0.29) is 7.25 Å². The minimum absolute atomic E-state index is 0.0211. The topological polar surface area (TPSA) is 26.3 Å². The predicted octanol–water partition coefficient (Wildman–Crippen LogP) is 9.69. The van der Waals surface area contributed by atoms with E-state index in [0.717, 1.165) is 22.3 Å². The molecule has 0 saturated heterocycles. The summed E-state index contributed by atoms with van der Waals surface area (Å²) in [5.74, 6) is 0.284. The molecule has 38 heavy (non-hydrogen) atoms. The van der Waals surface area contributed by atoms with Gasteiger partial charge in [0.05, 0.1) is 0 Å². The summed E-state index contributed by atoms with van der Waals surface area (Å²) in [7, 11) is 13.5. The van der Waals surface area contributed by atoms with Crippen LogP contribution in [0, 0.1) is 0 Å². The number of rotatable bonds is 7. The Morgan fingerprint density at radius 3 is 1.26 bits per heavy atom. The first-order valence-electron chi connectivity index (χ1n) is 13.8. The Morgan fingerprint density at radius 2 is 1.00 bits per heavy atom. The van der Waals surface area contributed by atoms with Crippen molar-refractivity contribution in [3.8, 4) is 0 Å². The number of furan rings is 2. The van der Waals surface area contributed by atoms with E-state index in [1.807, 2.05) is 0 Å². The molecule has 2 aromatic heterocycles. The molecule has 0 saturated carbocycles. The van der Waals surface area contributed by atoms with E-state index in [1.54, 1.807) is 0 Å². The van der Waals surface area contributed by atoms with Crippen molar-refractivity contribution in [3.05, 3.63) is 70.2 Å². The van der Waals surface area contributed by atoms with Gasteiger partial charge in [0, 0.05) is 0 Å². The summed E-state index contributed by atoms with van der Waals surface area (Å²) in [5, 5.41) is 2.25. The van der Waals surface area contributed by atoms with E-state index in [9.17, 15) is 0 Å². The maximum absolute atomic E-state index is 8.37. The quantitative estimate of drug-likeness (QED) is 0.272. The van der Waals surface area contributed by atoms with Gasteiger partial charge in [0.25, 0.3) is 0 Å². The van der Waals surface area contributed by atoms with Gasteiger partial charge in [0.1, 0.15) is 0 Å². The van der Waals surface area contributed by atoms with Crippen LogP contribution in [0.3, 0.4) is 0 Å². The van der Waals surface area contributed by atoms with Gasteiger partial charge in [0.15, 0.2) is 0 Å². The molecule has 0 radical (unpaired) electrons. The van der Waals surface area contributed by atoms with Gasteiger partial charge in [-0.2, -0.15) is 0 Å². The molecule has 2 heterocycles. The van der Waals surface area contributed by atoms with Gasteiger partial charge in [-0.1, -0.05) is 0 Å². The SMILES string of the molecule is CC1=C(C)[CH]([Zr]([Cl])([Cl])([CH]2C(c3ccc([Si](C)(C)C)o3)=CC(C)=C2C)[SiH](C)C)C(c2ccc([Si](C)(C)C)o2)=C1. The Labute approximate surface area is 241 Å². The van der Waals surface area contributed by atoms with Crippen LogP contribution in [0.25, 0.3) is 11.1 Å². The average Bonchev–Trinajstić information content (AvgIpc) is 3.55. The second-order valence-electron chi connectivity index (χ2n) is 14.0. The molecule has 2 nitrogen and oxygen atoms in total. The first kappa shape index (κ1) is 30.6. The van der Waals surface area contributed by atoms with Crippen molar-refractivity contribution in [1.29, 1.82) is 0 Å². The molecule has 8 heteroatoms. The summed E-state index contributed by atoms with van der Waals surface area (Å²) in [6, 6.07) is 8.68. The zero-order valence-electron chi connectivity index (χ0n) is 25.3. The monoisotopic (exact) mass is 681 g/mol. The number of allylic oxidation sites excluding steroid dienone is 8. The van der Waals surface area contributed by atoms with E-state index < -0.39 is 37.6 Å². The van der Waals surface area contributed by atoms with Crippen LogP contribution in [0.5, 0.6) is 0 Å². The van der Waals surface area contributed by atoms with E-state index in [2.05, 4.69) is 116 Å². The van der Waals surface area contributed by atoms with E-state index in [1.165, 1.54) is 33.4 Å². The maximum atomic E-state index is 8.37. The fraction of sp³-hybridized carbons (Fsp3) is 0.467. The molecular formula is C30H45Cl2O2Si3Zr. The van der Waals surface area contributed by atoms with Gasteiger partial charge in [-0.25, -0.2) is 0 Å². The molecule has 4 rings (SSSR count).